The molecule has 14 heteroatoms. The number of amides is 2. The second-order valence-electron chi connectivity index (χ2n) is 14.7. The fraction of sp³-hybridized carbons (Fsp3) is 0.260. The average Bonchev–Trinajstić information content (AvgIpc) is 3.30. The van der Waals surface area contributed by atoms with E-state index in [0.29, 0.717) is 43.6 Å². The maximum atomic E-state index is 14.4. The lowest BCUT2D eigenvalue weighted by Gasteiger charge is -2.20. The molecule has 334 valence electrons. The third-order valence-corrected chi connectivity index (χ3v) is 9.60. The molecule has 0 aliphatic heterocycles. The van der Waals surface area contributed by atoms with Crippen LogP contribution in [0.4, 0.5) is 17.1 Å². The minimum atomic E-state index is -0.589. The van der Waals surface area contributed by atoms with Crippen molar-refractivity contribution >= 4 is 45.6 Å². The minimum absolute atomic E-state index is 0.0403. The number of rotatable bonds is 23. The average molecular weight is 872 g/mol. The number of carbonyl (C=O) groups excluding carboxylic acids is 3. The molecule has 14 nitrogen and oxygen atoms in total. The number of esters is 1. The summed E-state index contributed by atoms with van der Waals surface area (Å²) in [6, 6.07) is 35.9. The summed E-state index contributed by atoms with van der Waals surface area (Å²) in [7, 11) is 2.88. The molecule has 0 bridgehead atoms. The van der Waals surface area contributed by atoms with Crippen LogP contribution in [0.5, 0.6) is 23.0 Å². The Labute approximate surface area is 372 Å². The zero-order chi connectivity index (χ0) is 45.3. The standard InChI is InChI=1S/C50H53N3O11/c1-33(2)64-47-28-39(50(56)58-4)17-19-42(47)52-49(55)40-29-46(63-32-35-14-15-36-12-8-9-13-37(36)26-35)43(30-44(40)61-25-24-60-23-22-59-21-20-57-3)53-48(54)38-16-18-41(51)45(27-38)62-31-34-10-6-5-7-11-34/h5-19,26-30,33H,20-25,31-32,51H2,1-4H3,(H,52,55)(H,53,54). The highest BCUT2D eigenvalue weighted by molar-refractivity contribution is 6.10. The molecule has 0 saturated carbocycles. The highest BCUT2D eigenvalue weighted by Crippen LogP contribution is 2.37. The second kappa shape index (κ2) is 23.4. The van der Waals surface area contributed by atoms with Gasteiger partial charge in [-0.25, -0.2) is 4.79 Å². The summed E-state index contributed by atoms with van der Waals surface area (Å²) in [5.74, 6) is -0.763. The van der Waals surface area contributed by atoms with Crippen LogP contribution in [0.2, 0.25) is 0 Å². The smallest absolute Gasteiger partial charge is 0.337 e. The number of fused-ring (bicyclic) bond motifs is 1. The molecule has 0 atom stereocenters. The van der Waals surface area contributed by atoms with Crippen molar-refractivity contribution in [3.05, 3.63) is 149 Å². The first kappa shape index (κ1) is 46.4. The Morgan fingerprint density at radius 1 is 0.547 bits per heavy atom. The number of benzene rings is 6. The summed E-state index contributed by atoms with van der Waals surface area (Å²) in [6.45, 7) is 5.76. The van der Waals surface area contributed by atoms with Crippen LogP contribution in [0.15, 0.2) is 121 Å². The van der Waals surface area contributed by atoms with Gasteiger partial charge in [0.15, 0.2) is 0 Å². The predicted octanol–water partition coefficient (Wildman–Crippen LogP) is 8.72. The van der Waals surface area contributed by atoms with Crippen LogP contribution in [0.3, 0.4) is 0 Å². The molecule has 64 heavy (non-hydrogen) atoms. The quantitative estimate of drug-likeness (QED) is 0.0318. The van der Waals surface area contributed by atoms with E-state index in [9.17, 15) is 14.4 Å². The molecule has 0 aliphatic rings. The summed E-state index contributed by atoms with van der Waals surface area (Å²) in [5, 5.41) is 7.97. The summed E-state index contributed by atoms with van der Waals surface area (Å²) < 4.78 is 45.8. The number of hydrogen-bond donors (Lipinski definition) is 3. The van der Waals surface area contributed by atoms with Crippen LogP contribution in [0.1, 0.15) is 56.0 Å². The van der Waals surface area contributed by atoms with Gasteiger partial charge in [-0.05, 0) is 84.3 Å². The molecule has 0 heterocycles. The van der Waals surface area contributed by atoms with Gasteiger partial charge in [0, 0.05) is 18.7 Å². The lowest BCUT2D eigenvalue weighted by molar-refractivity contribution is 0.0179. The van der Waals surface area contributed by atoms with Gasteiger partial charge < -0.3 is 54.3 Å². The van der Waals surface area contributed by atoms with Crippen molar-refractivity contribution in [2.24, 2.45) is 0 Å². The van der Waals surface area contributed by atoms with Crippen molar-refractivity contribution in [3.63, 3.8) is 0 Å². The number of anilines is 3. The van der Waals surface area contributed by atoms with E-state index in [-0.39, 0.29) is 72.2 Å². The second-order valence-corrected chi connectivity index (χ2v) is 14.7. The van der Waals surface area contributed by atoms with E-state index in [1.807, 2.05) is 86.6 Å². The van der Waals surface area contributed by atoms with Crippen LogP contribution in [0, 0.1) is 0 Å². The number of nitrogens with two attached hydrogens (primary N) is 1. The first-order chi connectivity index (χ1) is 31.1. The van der Waals surface area contributed by atoms with Crippen LogP contribution >= 0.6 is 0 Å². The van der Waals surface area contributed by atoms with E-state index in [1.54, 1.807) is 31.4 Å². The van der Waals surface area contributed by atoms with Gasteiger partial charge >= 0.3 is 5.97 Å². The largest absolute Gasteiger partial charge is 0.490 e. The first-order valence-corrected chi connectivity index (χ1v) is 20.8. The Hall–Kier alpha value is -7.13. The molecule has 4 N–H and O–H groups in total. The van der Waals surface area contributed by atoms with E-state index in [2.05, 4.69) is 10.6 Å². The molecule has 6 rings (SSSR count). The molecule has 0 radical (unpaired) electrons. The van der Waals surface area contributed by atoms with Gasteiger partial charge in [0.2, 0.25) is 0 Å². The summed E-state index contributed by atoms with van der Waals surface area (Å²) in [6.07, 6.45) is -0.293. The van der Waals surface area contributed by atoms with Gasteiger partial charge in [0.05, 0.1) is 74.4 Å². The first-order valence-electron chi connectivity index (χ1n) is 20.8. The lowest BCUT2D eigenvalue weighted by atomic mass is 10.1. The van der Waals surface area contributed by atoms with Gasteiger partial charge in [-0.15, -0.1) is 0 Å². The fourth-order valence-corrected chi connectivity index (χ4v) is 6.38. The van der Waals surface area contributed by atoms with Crippen LogP contribution in [0.25, 0.3) is 10.8 Å². The molecule has 6 aromatic carbocycles. The molecule has 0 aliphatic carbocycles. The third kappa shape index (κ3) is 13.2. The molecule has 0 unspecified atom stereocenters. The molecule has 6 aromatic rings. The number of methoxy groups -OCH3 is 2. The van der Waals surface area contributed by atoms with Crippen molar-refractivity contribution in [1.29, 1.82) is 0 Å². The van der Waals surface area contributed by atoms with Crippen molar-refractivity contribution < 1.29 is 52.3 Å². The SMILES string of the molecule is COCCOCCOCCOc1cc(NC(=O)c2ccc(N)c(OCc3ccccc3)c2)c(OCc2ccc3ccccc3c2)cc1C(=O)Nc1ccc(C(=O)OC)cc1OC(C)C. The number of ether oxygens (including phenoxy) is 8. The molecule has 0 spiro atoms. The zero-order valence-corrected chi connectivity index (χ0v) is 36.3. The number of nitrogen functional groups attached to an aromatic ring is 1. The molecule has 0 fully saturated rings. The molecule has 0 saturated heterocycles. The summed E-state index contributed by atoms with van der Waals surface area (Å²) >= 11 is 0. The normalized spacial score (nSPS) is 11.0. The summed E-state index contributed by atoms with van der Waals surface area (Å²) in [4.78, 5) is 40.9. The maximum Gasteiger partial charge on any atom is 0.337 e. The maximum absolute atomic E-state index is 14.4. The van der Waals surface area contributed by atoms with Crippen molar-refractivity contribution in [2.45, 2.75) is 33.2 Å². The molecular formula is C50H53N3O11. The van der Waals surface area contributed by atoms with Crippen molar-refractivity contribution in [1.82, 2.24) is 0 Å². The van der Waals surface area contributed by atoms with Gasteiger partial charge in [-0.3, -0.25) is 9.59 Å². The summed E-state index contributed by atoms with van der Waals surface area (Å²) in [5.41, 5.74) is 9.50. The number of nitrogens with one attached hydrogen (secondary N) is 2. The zero-order valence-electron chi connectivity index (χ0n) is 36.3. The van der Waals surface area contributed by atoms with Gasteiger partial charge in [-0.2, -0.15) is 0 Å². The van der Waals surface area contributed by atoms with Crippen molar-refractivity contribution in [3.8, 4) is 23.0 Å². The van der Waals surface area contributed by atoms with E-state index in [4.69, 9.17) is 43.6 Å². The van der Waals surface area contributed by atoms with Gasteiger partial charge in [0.25, 0.3) is 11.8 Å². The van der Waals surface area contributed by atoms with Gasteiger partial charge in [0.1, 0.15) is 42.8 Å². The van der Waals surface area contributed by atoms with Crippen LogP contribution in [-0.2, 0) is 32.2 Å². The molecule has 0 aromatic heterocycles. The monoisotopic (exact) mass is 871 g/mol. The lowest BCUT2D eigenvalue weighted by Crippen LogP contribution is -2.19. The Morgan fingerprint density at radius 2 is 1.20 bits per heavy atom. The number of hydrogen-bond acceptors (Lipinski definition) is 12. The minimum Gasteiger partial charge on any atom is -0.490 e. The van der Waals surface area contributed by atoms with E-state index in [1.165, 1.54) is 31.4 Å². The fourth-order valence-electron chi connectivity index (χ4n) is 6.38. The third-order valence-electron chi connectivity index (χ3n) is 9.60. The van der Waals surface area contributed by atoms with Crippen LogP contribution in [-0.4, -0.2) is 77.7 Å². The van der Waals surface area contributed by atoms with Gasteiger partial charge in [-0.1, -0.05) is 66.7 Å². The Morgan fingerprint density at radius 3 is 1.95 bits per heavy atom. The molecular weight excluding hydrogens is 819 g/mol. The Kier molecular flexibility index (Phi) is 16.9. The van der Waals surface area contributed by atoms with E-state index in [0.717, 1.165) is 21.9 Å². The van der Waals surface area contributed by atoms with E-state index >= 15 is 0 Å². The van der Waals surface area contributed by atoms with E-state index < -0.39 is 17.8 Å². The van der Waals surface area contributed by atoms with Crippen molar-refractivity contribution in [2.75, 3.05) is 70.2 Å². The topological polar surface area (TPSA) is 175 Å². The van der Waals surface area contributed by atoms with Crippen LogP contribution < -0.4 is 35.3 Å². The Balaban J connectivity index is 1.33. The predicted molar refractivity (Wildman–Crippen MR) is 245 cm³/mol. The highest BCUT2D eigenvalue weighted by Gasteiger charge is 2.23. The number of carbonyl (C=O) groups is 3. The highest BCUT2D eigenvalue weighted by atomic mass is 16.6. The Bertz CT molecular complexity index is 2510. The molecule has 2 amide bonds.